The molecule has 1 N–H and O–H groups in total. The fraction of sp³-hybridized carbons (Fsp3) is 0.348. The van der Waals surface area contributed by atoms with Crippen LogP contribution in [0.4, 0.5) is 17.1 Å². The third-order valence-electron chi connectivity index (χ3n) is 5.90. The zero-order valence-electron chi connectivity index (χ0n) is 17.1. The molecule has 1 unspecified atom stereocenters. The van der Waals surface area contributed by atoms with Crippen LogP contribution in [-0.2, 0) is 20.8 Å². The fourth-order valence-corrected chi connectivity index (χ4v) is 4.29. The average molecular weight is 426 g/mol. The summed E-state index contributed by atoms with van der Waals surface area (Å²) in [7, 11) is 0. The van der Waals surface area contributed by atoms with E-state index in [2.05, 4.69) is 5.32 Å². The number of anilines is 3. The summed E-state index contributed by atoms with van der Waals surface area (Å²) in [6.07, 6.45) is 1.41. The molecule has 7 heteroatoms. The normalized spacial score (nSPS) is 18.0. The summed E-state index contributed by atoms with van der Waals surface area (Å²) >= 11 is 6.13. The Bertz CT molecular complexity index is 1040. The Kier molecular flexibility index (Phi) is 5.52. The standard InChI is InChI=1S/C23H24ClN3O3/c1-3-21(28)26-10-9-15-11-17(7-8-20(15)26)27-13-16(12-22(27)29)23(30)25-19-6-4-5-18(24)14(19)2/h4-8,11,16H,3,9-10,12-13H2,1-2H3,(H,25,30). The van der Waals surface area contributed by atoms with Gasteiger partial charge in [-0.05, 0) is 54.8 Å². The van der Waals surface area contributed by atoms with E-state index in [1.165, 1.54) is 0 Å². The van der Waals surface area contributed by atoms with Gasteiger partial charge in [0.1, 0.15) is 0 Å². The maximum absolute atomic E-state index is 12.8. The molecule has 156 valence electrons. The van der Waals surface area contributed by atoms with Crippen LogP contribution in [0.1, 0.15) is 30.9 Å². The summed E-state index contributed by atoms with van der Waals surface area (Å²) in [5.74, 6) is -0.580. The highest BCUT2D eigenvalue weighted by molar-refractivity contribution is 6.31. The van der Waals surface area contributed by atoms with Crippen molar-refractivity contribution in [3.63, 3.8) is 0 Å². The number of halogens is 1. The summed E-state index contributed by atoms with van der Waals surface area (Å²) in [5.41, 5.74) is 4.22. The zero-order valence-corrected chi connectivity index (χ0v) is 17.8. The molecule has 0 saturated carbocycles. The van der Waals surface area contributed by atoms with Crippen molar-refractivity contribution >= 4 is 46.4 Å². The molecule has 2 heterocycles. The highest BCUT2D eigenvalue weighted by Gasteiger charge is 2.36. The molecule has 0 aliphatic carbocycles. The third-order valence-corrected chi connectivity index (χ3v) is 6.30. The van der Waals surface area contributed by atoms with E-state index < -0.39 is 5.92 Å². The van der Waals surface area contributed by atoms with Crippen LogP contribution in [0.2, 0.25) is 5.02 Å². The number of rotatable bonds is 4. The van der Waals surface area contributed by atoms with Gasteiger partial charge in [0.15, 0.2) is 0 Å². The molecule has 3 amide bonds. The van der Waals surface area contributed by atoms with E-state index >= 15 is 0 Å². The number of nitrogens with one attached hydrogen (secondary N) is 1. The van der Waals surface area contributed by atoms with Crippen molar-refractivity contribution in [1.29, 1.82) is 0 Å². The quantitative estimate of drug-likeness (QED) is 0.806. The second-order valence-corrected chi connectivity index (χ2v) is 8.18. The molecule has 0 spiro atoms. The fourth-order valence-electron chi connectivity index (χ4n) is 4.12. The van der Waals surface area contributed by atoms with Gasteiger partial charge in [-0.1, -0.05) is 24.6 Å². The Balaban J connectivity index is 1.48. The van der Waals surface area contributed by atoms with Crippen molar-refractivity contribution in [1.82, 2.24) is 0 Å². The van der Waals surface area contributed by atoms with Crippen LogP contribution in [0.3, 0.4) is 0 Å². The number of amides is 3. The van der Waals surface area contributed by atoms with E-state index in [1.54, 1.807) is 28.0 Å². The molecule has 2 aromatic rings. The number of hydrogen-bond donors (Lipinski definition) is 1. The van der Waals surface area contributed by atoms with E-state index in [0.717, 1.165) is 28.9 Å². The van der Waals surface area contributed by atoms with Crippen molar-refractivity contribution in [3.8, 4) is 0 Å². The first-order valence-corrected chi connectivity index (χ1v) is 10.6. The molecule has 30 heavy (non-hydrogen) atoms. The predicted molar refractivity (Wildman–Crippen MR) is 118 cm³/mol. The molecule has 2 aliphatic rings. The van der Waals surface area contributed by atoms with Crippen molar-refractivity contribution in [2.75, 3.05) is 28.2 Å². The number of nitrogens with zero attached hydrogens (tertiary/aromatic N) is 2. The van der Waals surface area contributed by atoms with Crippen molar-refractivity contribution < 1.29 is 14.4 Å². The van der Waals surface area contributed by atoms with E-state index in [0.29, 0.717) is 30.2 Å². The minimum absolute atomic E-state index is 0.0718. The molecule has 4 rings (SSSR count). The summed E-state index contributed by atoms with van der Waals surface area (Å²) in [4.78, 5) is 41.0. The maximum Gasteiger partial charge on any atom is 0.229 e. The molecule has 0 aromatic heterocycles. The summed E-state index contributed by atoms with van der Waals surface area (Å²) in [6.45, 7) is 4.71. The van der Waals surface area contributed by atoms with E-state index in [1.807, 2.05) is 32.0 Å². The van der Waals surface area contributed by atoms with Gasteiger partial charge in [0.25, 0.3) is 0 Å². The van der Waals surface area contributed by atoms with Gasteiger partial charge in [-0.25, -0.2) is 0 Å². The third kappa shape index (κ3) is 3.67. The van der Waals surface area contributed by atoms with Gasteiger partial charge in [-0.3, -0.25) is 14.4 Å². The van der Waals surface area contributed by atoms with Crippen LogP contribution in [0.25, 0.3) is 0 Å². The smallest absolute Gasteiger partial charge is 0.229 e. The van der Waals surface area contributed by atoms with Crippen LogP contribution in [-0.4, -0.2) is 30.8 Å². The largest absolute Gasteiger partial charge is 0.325 e. The second kappa shape index (κ2) is 8.11. The van der Waals surface area contributed by atoms with E-state index in [4.69, 9.17) is 11.6 Å². The lowest BCUT2D eigenvalue weighted by molar-refractivity contribution is -0.122. The van der Waals surface area contributed by atoms with Crippen molar-refractivity contribution in [2.45, 2.75) is 33.1 Å². The van der Waals surface area contributed by atoms with Gasteiger partial charge in [0, 0.05) is 48.0 Å². The minimum Gasteiger partial charge on any atom is -0.325 e. The van der Waals surface area contributed by atoms with Gasteiger partial charge in [0.05, 0.1) is 5.92 Å². The first kappa shape index (κ1) is 20.4. The zero-order chi connectivity index (χ0) is 21.4. The van der Waals surface area contributed by atoms with Crippen LogP contribution in [0.5, 0.6) is 0 Å². The highest BCUT2D eigenvalue weighted by atomic mass is 35.5. The molecule has 1 fully saturated rings. The minimum atomic E-state index is -0.428. The molecule has 2 aliphatic heterocycles. The molecular weight excluding hydrogens is 402 g/mol. The monoisotopic (exact) mass is 425 g/mol. The second-order valence-electron chi connectivity index (χ2n) is 7.77. The Hall–Kier alpha value is -2.86. The van der Waals surface area contributed by atoms with Crippen molar-refractivity contribution in [3.05, 3.63) is 52.5 Å². The van der Waals surface area contributed by atoms with Gasteiger partial charge in [0.2, 0.25) is 17.7 Å². The Morgan fingerprint density at radius 1 is 1.23 bits per heavy atom. The number of fused-ring (bicyclic) bond motifs is 1. The predicted octanol–water partition coefficient (Wildman–Crippen LogP) is 3.94. The van der Waals surface area contributed by atoms with Crippen LogP contribution in [0, 0.1) is 12.8 Å². The van der Waals surface area contributed by atoms with E-state index in [9.17, 15) is 14.4 Å². The summed E-state index contributed by atoms with van der Waals surface area (Å²) < 4.78 is 0. The highest BCUT2D eigenvalue weighted by Crippen LogP contribution is 2.34. The topological polar surface area (TPSA) is 69.7 Å². The van der Waals surface area contributed by atoms with Gasteiger partial charge >= 0.3 is 0 Å². The Labute approximate surface area is 180 Å². The number of carbonyl (C=O) groups excluding carboxylic acids is 3. The molecule has 6 nitrogen and oxygen atoms in total. The number of hydrogen-bond acceptors (Lipinski definition) is 3. The van der Waals surface area contributed by atoms with E-state index in [-0.39, 0.29) is 24.1 Å². The molecule has 0 radical (unpaired) electrons. The van der Waals surface area contributed by atoms with Crippen LogP contribution < -0.4 is 15.1 Å². The number of benzene rings is 2. The lowest BCUT2D eigenvalue weighted by Crippen LogP contribution is -2.28. The van der Waals surface area contributed by atoms with Crippen LogP contribution in [0.15, 0.2) is 36.4 Å². The lowest BCUT2D eigenvalue weighted by atomic mass is 10.1. The Morgan fingerprint density at radius 3 is 2.80 bits per heavy atom. The molecule has 0 bridgehead atoms. The average Bonchev–Trinajstić information content (AvgIpc) is 3.34. The molecule has 1 saturated heterocycles. The summed E-state index contributed by atoms with van der Waals surface area (Å²) in [6, 6.07) is 11.1. The van der Waals surface area contributed by atoms with Gasteiger partial charge in [-0.2, -0.15) is 0 Å². The Morgan fingerprint density at radius 2 is 2.03 bits per heavy atom. The van der Waals surface area contributed by atoms with Gasteiger partial charge in [-0.15, -0.1) is 0 Å². The first-order chi connectivity index (χ1) is 14.4. The van der Waals surface area contributed by atoms with Gasteiger partial charge < -0.3 is 15.1 Å². The van der Waals surface area contributed by atoms with Crippen LogP contribution >= 0.6 is 11.6 Å². The molecular formula is C23H24ClN3O3. The molecule has 2 aromatic carbocycles. The lowest BCUT2D eigenvalue weighted by Gasteiger charge is -2.20. The first-order valence-electron chi connectivity index (χ1n) is 10.2. The van der Waals surface area contributed by atoms with Crippen molar-refractivity contribution in [2.24, 2.45) is 5.92 Å². The summed E-state index contributed by atoms with van der Waals surface area (Å²) in [5, 5.41) is 3.49. The number of carbonyl (C=O) groups is 3. The maximum atomic E-state index is 12.8. The SMILES string of the molecule is CCC(=O)N1CCc2cc(N3CC(C(=O)Nc4cccc(Cl)c4C)CC3=O)ccc21. The molecule has 1 atom stereocenters.